The average Bonchev–Trinajstić information content (AvgIpc) is 2.87. The number of nitrogens with one attached hydrogen (secondary N) is 2. The van der Waals surface area contributed by atoms with Crippen molar-refractivity contribution in [3.05, 3.63) is 22.4 Å². The zero-order valence-electron chi connectivity index (χ0n) is 8.82. The van der Waals surface area contributed by atoms with Crippen LogP contribution in [0.1, 0.15) is 30.7 Å². The van der Waals surface area contributed by atoms with Crippen molar-refractivity contribution in [3.63, 3.8) is 0 Å². The zero-order valence-corrected chi connectivity index (χ0v) is 9.64. The van der Waals surface area contributed by atoms with Gasteiger partial charge in [-0.3, -0.25) is 4.79 Å². The maximum atomic E-state index is 11.5. The quantitative estimate of drug-likeness (QED) is 0.799. The highest BCUT2D eigenvalue weighted by molar-refractivity contribution is 7.10. The van der Waals surface area contributed by atoms with Crippen molar-refractivity contribution >= 4 is 17.2 Å². The number of hydrogen-bond donors (Lipinski definition) is 2. The van der Waals surface area contributed by atoms with Crippen LogP contribution < -0.4 is 10.6 Å². The SMILES string of the molecule is C[C@H](NC(=O)CNC1CC1)c1cccs1. The van der Waals surface area contributed by atoms with Gasteiger partial charge < -0.3 is 10.6 Å². The first-order chi connectivity index (χ1) is 7.25. The Hall–Kier alpha value is -0.870. The Labute approximate surface area is 93.9 Å². The van der Waals surface area contributed by atoms with Crippen LogP contribution in [0.15, 0.2) is 17.5 Å². The highest BCUT2D eigenvalue weighted by Crippen LogP contribution is 2.19. The molecule has 1 aliphatic rings. The summed E-state index contributed by atoms with van der Waals surface area (Å²) in [5, 5.41) is 8.20. The first-order valence-corrected chi connectivity index (χ1v) is 6.20. The first kappa shape index (κ1) is 10.6. The molecular weight excluding hydrogens is 208 g/mol. The van der Waals surface area contributed by atoms with E-state index in [1.165, 1.54) is 17.7 Å². The van der Waals surface area contributed by atoms with E-state index in [2.05, 4.69) is 10.6 Å². The van der Waals surface area contributed by atoms with E-state index in [0.29, 0.717) is 12.6 Å². The van der Waals surface area contributed by atoms with E-state index in [4.69, 9.17) is 0 Å². The molecule has 1 heterocycles. The van der Waals surface area contributed by atoms with Gasteiger partial charge in [0.15, 0.2) is 0 Å². The van der Waals surface area contributed by atoms with Crippen LogP contribution in [0.4, 0.5) is 0 Å². The van der Waals surface area contributed by atoms with E-state index in [9.17, 15) is 4.79 Å². The predicted molar refractivity (Wildman–Crippen MR) is 61.9 cm³/mol. The number of carbonyl (C=O) groups is 1. The van der Waals surface area contributed by atoms with Gasteiger partial charge in [0, 0.05) is 10.9 Å². The van der Waals surface area contributed by atoms with E-state index in [0.717, 1.165) is 0 Å². The van der Waals surface area contributed by atoms with Crippen molar-refractivity contribution in [2.24, 2.45) is 0 Å². The van der Waals surface area contributed by atoms with Crippen molar-refractivity contribution in [1.29, 1.82) is 0 Å². The van der Waals surface area contributed by atoms with Crippen molar-refractivity contribution in [2.45, 2.75) is 31.8 Å². The lowest BCUT2D eigenvalue weighted by molar-refractivity contribution is -0.120. The van der Waals surface area contributed by atoms with Crippen LogP contribution in [0.25, 0.3) is 0 Å². The Morgan fingerprint density at radius 1 is 1.67 bits per heavy atom. The van der Waals surface area contributed by atoms with Gasteiger partial charge in [-0.15, -0.1) is 11.3 Å². The standard InChI is InChI=1S/C11H16N2OS/c1-8(10-3-2-6-15-10)13-11(14)7-12-9-4-5-9/h2-3,6,8-9,12H,4-5,7H2,1H3,(H,13,14)/t8-/m0/s1. The summed E-state index contributed by atoms with van der Waals surface area (Å²) in [6.07, 6.45) is 2.43. The smallest absolute Gasteiger partial charge is 0.234 e. The third kappa shape index (κ3) is 3.32. The third-order valence-corrected chi connectivity index (χ3v) is 3.53. The number of hydrogen-bond acceptors (Lipinski definition) is 3. The van der Waals surface area contributed by atoms with Crippen LogP contribution in [0.2, 0.25) is 0 Å². The average molecular weight is 224 g/mol. The molecule has 1 saturated carbocycles. The maximum absolute atomic E-state index is 11.5. The maximum Gasteiger partial charge on any atom is 0.234 e. The Balaban J connectivity index is 1.72. The topological polar surface area (TPSA) is 41.1 Å². The van der Waals surface area contributed by atoms with Gasteiger partial charge in [0.1, 0.15) is 0 Å². The molecule has 0 bridgehead atoms. The molecule has 1 aromatic rings. The molecule has 1 aliphatic carbocycles. The van der Waals surface area contributed by atoms with Crippen LogP contribution in [-0.2, 0) is 4.79 Å². The monoisotopic (exact) mass is 224 g/mol. The molecule has 1 fully saturated rings. The molecule has 3 nitrogen and oxygen atoms in total. The van der Waals surface area contributed by atoms with Gasteiger partial charge >= 0.3 is 0 Å². The largest absolute Gasteiger partial charge is 0.348 e. The minimum Gasteiger partial charge on any atom is -0.348 e. The van der Waals surface area contributed by atoms with Gasteiger partial charge in [-0.05, 0) is 31.2 Å². The summed E-state index contributed by atoms with van der Waals surface area (Å²) in [7, 11) is 0. The Kier molecular flexibility index (Phi) is 3.38. The number of carbonyl (C=O) groups excluding carboxylic acids is 1. The Morgan fingerprint density at radius 3 is 3.07 bits per heavy atom. The van der Waals surface area contributed by atoms with Gasteiger partial charge in [0.2, 0.25) is 5.91 Å². The first-order valence-electron chi connectivity index (χ1n) is 5.32. The molecule has 82 valence electrons. The molecule has 1 amide bonds. The molecule has 0 radical (unpaired) electrons. The third-order valence-electron chi connectivity index (χ3n) is 2.48. The molecule has 1 atom stereocenters. The molecule has 15 heavy (non-hydrogen) atoms. The van der Waals surface area contributed by atoms with Gasteiger partial charge in [-0.25, -0.2) is 0 Å². The van der Waals surface area contributed by atoms with Crippen LogP contribution in [-0.4, -0.2) is 18.5 Å². The van der Waals surface area contributed by atoms with Crippen molar-refractivity contribution in [2.75, 3.05) is 6.54 Å². The summed E-state index contributed by atoms with van der Waals surface area (Å²) in [5.74, 6) is 0.0859. The number of amides is 1. The summed E-state index contributed by atoms with van der Waals surface area (Å²) < 4.78 is 0. The van der Waals surface area contributed by atoms with Crippen molar-refractivity contribution < 1.29 is 4.79 Å². The molecule has 0 aliphatic heterocycles. The summed E-state index contributed by atoms with van der Waals surface area (Å²) in [5.41, 5.74) is 0. The number of rotatable bonds is 5. The molecule has 0 unspecified atom stereocenters. The molecule has 1 aromatic heterocycles. The highest BCUT2D eigenvalue weighted by Gasteiger charge is 2.21. The van der Waals surface area contributed by atoms with Crippen LogP contribution in [0, 0.1) is 0 Å². The van der Waals surface area contributed by atoms with Crippen LogP contribution in [0.5, 0.6) is 0 Å². The molecule has 4 heteroatoms. The summed E-state index contributed by atoms with van der Waals surface area (Å²) in [6.45, 7) is 2.46. The summed E-state index contributed by atoms with van der Waals surface area (Å²) >= 11 is 1.67. The lowest BCUT2D eigenvalue weighted by Gasteiger charge is -2.12. The van der Waals surface area contributed by atoms with E-state index in [-0.39, 0.29) is 11.9 Å². The molecule has 0 spiro atoms. The molecule has 0 aromatic carbocycles. The molecular formula is C11H16N2OS. The summed E-state index contributed by atoms with van der Waals surface area (Å²) in [4.78, 5) is 12.7. The Bertz CT molecular complexity index is 319. The van der Waals surface area contributed by atoms with E-state index in [1.54, 1.807) is 11.3 Å². The van der Waals surface area contributed by atoms with Crippen LogP contribution >= 0.6 is 11.3 Å². The second-order valence-corrected chi connectivity index (χ2v) is 4.94. The van der Waals surface area contributed by atoms with E-state index >= 15 is 0 Å². The molecule has 2 N–H and O–H groups in total. The van der Waals surface area contributed by atoms with E-state index < -0.39 is 0 Å². The van der Waals surface area contributed by atoms with Crippen molar-refractivity contribution in [3.8, 4) is 0 Å². The zero-order chi connectivity index (χ0) is 10.7. The normalized spacial score (nSPS) is 17.4. The minimum atomic E-state index is 0.0859. The lowest BCUT2D eigenvalue weighted by Crippen LogP contribution is -2.35. The van der Waals surface area contributed by atoms with Crippen molar-refractivity contribution in [1.82, 2.24) is 10.6 Å². The highest BCUT2D eigenvalue weighted by atomic mass is 32.1. The van der Waals surface area contributed by atoms with Gasteiger partial charge in [0.05, 0.1) is 12.6 Å². The molecule has 0 saturated heterocycles. The van der Waals surface area contributed by atoms with Gasteiger partial charge in [-0.1, -0.05) is 6.07 Å². The van der Waals surface area contributed by atoms with Gasteiger partial charge in [-0.2, -0.15) is 0 Å². The second kappa shape index (κ2) is 4.77. The number of thiophene rings is 1. The second-order valence-electron chi connectivity index (χ2n) is 3.96. The van der Waals surface area contributed by atoms with E-state index in [1.807, 2.05) is 24.4 Å². The predicted octanol–water partition coefficient (Wildman–Crippen LogP) is 1.68. The minimum absolute atomic E-state index is 0.0859. The summed E-state index contributed by atoms with van der Waals surface area (Å²) in [6, 6.07) is 4.76. The fourth-order valence-electron chi connectivity index (χ4n) is 1.43. The lowest BCUT2D eigenvalue weighted by atomic mass is 10.3. The fraction of sp³-hybridized carbons (Fsp3) is 0.545. The van der Waals surface area contributed by atoms with Gasteiger partial charge in [0.25, 0.3) is 0 Å². The van der Waals surface area contributed by atoms with Crippen LogP contribution in [0.3, 0.4) is 0 Å². The Morgan fingerprint density at radius 2 is 2.47 bits per heavy atom. The molecule has 2 rings (SSSR count). The fourth-order valence-corrected chi connectivity index (χ4v) is 2.16.